The second-order valence-electron chi connectivity index (χ2n) is 2.94. The number of fused-ring (bicyclic) bond motifs is 1. The number of aromatic amines is 1. The summed E-state index contributed by atoms with van der Waals surface area (Å²) in [6.07, 6.45) is -4.72. The van der Waals surface area contributed by atoms with Crippen LogP contribution in [0.2, 0.25) is 0 Å². The molecule has 1 aromatic carbocycles. The average molecular weight is 214 g/mol. The van der Waals surface area contributed by atoms with E-state index >= 15 is 0 Å². The van der Waals surface area contributed by atoms with E-state index in [1.54, 1.807) is 6.07 Å². The van der Waals surface area contributed by atoms with E-state index in [1.165, 1.54) is 18.2 Å². The molecule has 0 aliphatic heterocycles. The van der Waals surface area contributed by atoms with Crippen molar-refractivity contribution in [2.75, 3.05) is 0 Å². The first-order valence-corrected chi connectivity index (χ1v) is 4.05. The fourth-order valence-electron chi connectivity index (χ4n) is 1.27. The molecule has 0 aliphatic rings. The topological polar surface area (TPSA) is 45.8 Å². The second-order valence-corrected chi connectivity index (χ2v) is 2.94. The van der Waals surface area contributed by atoms with Crippen LogP contribution in [-0.4, -0.2) is 10.2 Å². The molecule has 6 heteroatoms. The van der Waals surface area contributed by atoms with Gasteiger partial charge in [0.05, 0.1) is 5.52 Å². The Bertz CT molecular complexity index is 559. The molecule has 15 heavy (non-hydrogen) atoms. The molecule has 3 nitrogen and oxygen atoms in total. The van der Waals surface area contributed by atoms with Crippen LogP contribution < -0.4 is 5.43 Å². The van der Waals surface area contributed by atoms with Crippen LogP contribution in [0.4, 0.5) is 13.2 Å². The van der Waals surface area contributed by atoms with Gasteiger partial charge in [0.25, 0.3) is 0 Å². The van der Waals surface area contributed by atoms with Crippen molar-refractivity contribution in [2.45, 2.75) is 6.18 Å². The standard InChI is InChI=1S/C9H5F3N2O/c10-9(11,12)8-7(15)5-3-1-2-4-6(5)13-14-8/h1-4H,(H,13,15). The van der Waals surface area contributed by atoms with Crippen molar-refractivity contribution in [1.82, 2.24) is 10.2 Å². The summed E-state index contributed by atoms with van der Waals surface area (Å²) >= 11 is 0. The number of rotatable bonds is 0. The minimum Gasteiger partial charge on any atom is -0.287 e. The van der Waals surface area contributed by atoms with Gasteiger partial charge in [-0.3, -0.25) is 9.89 Å². The van der Waals surface area contributed by atoms with E-state index in [-0.39, 0.29) is 10.9 Å². The number of aromatic nitrogens is 2. The molecule has 0 radical (unpaired) electrons. The molecular weight excluding hydrogens is 209 g/mol. The summed E-state index contributed by atoms with van der Waals surface area (Å²) in [5.74, 6) is 0. The van der Waals surface area contributed by atoms with Crippen LogP contribution in [0.1, 0.15) is 5.69 Å². The number of nitrogens with zero attached hydrogens (tertiary/aromatic N) is 1. The van der Waals surface area contributed by atoms with Gasteiger partial charge in [-0.1, -0.05) is 12.1 Å². The summed E-state index contributed by atoms with van der Waals surface area (Å²) in [6, 6.07) is 5.92. The number of H-pyrrole nitrogens is 1. The summed E-state index contributed by atoms with van der Waals surface area (Å²) in [5.41, 5.74) is -2.23. The zero-order valence-corrected chi connectivity index (χ0v) is 7.30. The van der Waals surface area contributed by atoms with Crippen molar-refractivity contribution in [1.29, 1.82) is 0 Å². The van der Waals surface area contributed by atoms with E-state index in [0.717, 1.165) is 0 Å². The van der Waals surface area contributed by atoms with Crippen molar-refractivity contribution in [3.8, 4) is 0 Å². The lowest BCUT2D eigenvalue weighted by Crippen LogP contribution is -2.22. The summed E-state index contributed by atoms with van der Waals surface area (Å²) < 4.78 is 36.9. The van der Waals surface area contributed by atoms with E-state index < -0.39 is 17.3 Å². The summed E-state index contributed by atoms with van der Waals surface area (Å²) in [5, 5.41) is 5.20. The zero-order valence-electron chi connectivity index (χ0n) is 7.30. The van der Waals surface area contributed by atoms with Gasteiger partial charge in [0.2, 0.25) is 11.1 Å². The molecule has 1 heterocycles. The molecule has 0 amide bonds. The highest BCUT2D eigenvalue weighted by Gasteiger charge is 2.36. The van der Waals surface area contributed by atoms with Gasteiger partial charge in [0, 0.05) is 5.39 Å². The first kappa shape index (κ1) is 9.70. The normalized spacial score (nSPS) is 11.9. The minimum atomic E-state index is -4.72. The lowest BCUT2D eigenvalue weighted by atomic mass is 10.2. The summed E-state index contributed by atoms with van der Waals surface area (Å²) in [7, 11) is 0. The predicted molar refractivity (Wildman–Crippen MR) is 47.4 cm³/mol. The van der Waals surface area contributed by atoms with Crippen molar-refractivity contribution < 1.29 is 13.2 Å². The molecule has 1 N–H and O–H groups in total. The third-order valence-electron chi connectivity index (χ3n) is 1.94. The molecule has 2 rings (SSSR count). The molecule has 0 unspecified atom stereocenters. The molecule has 1 aromatic heterocycles. The smallest absolute Gasteiger partial charge is 0.287 e. The predicted octanol–water partition coefficient (Wildman–Crippen LogP) is 1.94. The lowest BCUT2D eigenvalue weighted by Gasteiger charge is -2.04. The molecular formula is C9H5F3N2O. The van der Waals surface area contributed by atoms with Gasteiger partial charge in [0.15, 0.2) is 0 Å². The Morgan fingerprint density at radius 3 is 2.53 bits per heavy atom. The van der Waals surface area contributed by atoms with Gasteiger partial charge in [-0.05, 0) is 12.1 Å². The highest BCUT2D eigenvalue weighted by atomic mass is 19.4. The third-order valence-corrected chi connectivity index (χ3v) is 1.94. The van der Waals surface area contributed by atoms with Gasteiger partial charge in [-0.2, -0.15) is 18.3 Å². The van der Waals surface area contributed by atoms with Crippen LogP contribution in [0.25, 0.3) is 10.9 Å². The van der Waals surface area contributed by atoms with Crippen molar-refractivity contribution in [2.24, 2.45) is 0 Å². The Labute approximate surface area is 81.5 Å². The fraction of sp³-hybridized carbons (Fsp3) is 0.111. The number of para-hydroxylation sites is 1. The fourth-order valence-corrected chi connectivity index (χ4v) is 1.27. The molecule has 0 saturated heterocycles. The maximum absolute atomic E-state index is 12.3. The lowest BCUT2D eigenvalue weighted by molar-refractivity contribution is -0.142. The molecule has 0 saturated carbocycles. The van der Waals surface area contributed by atoms with Gasteiger partial charge in [0.1, 0.15) is 0 Å². The number of halogens is 3. The van der Waals surface area contributed by atoms with E-state index in [2.05, 4.69) is 10.2 Å². The highest BCUT2D eigenvalue weighted by molar-refractivity contribution is 5.77. The molecule has 0 aliphatic carbocycles. The SMILES string of the molecule is O=c1c(C(F)(F)F)n[nH]c2ccccc12. The molecule has 0 bridgehead atoms. The Morgan fingerprint density at radius 1 is 1.20 bits per heavy atom. The van der Waals surface area contributed by atoms with Crippen LogP contribution in [0.15, 0.2) is 29.1 Å². The Hall–Kier alpha value is -1.85. The Balaban J connectivity index is 2.83. The van der Waals surface area contributed by atoms with Crippen LogP contribution >= 0.6 is 0 Å². The van der Waals surface area contributed by atoms with Gasteiger partial charge >= 0.3 is 6.18 Å². The quantitative estimate of drug-likeness (QED) is 0.728. The number of nitrogens with one attached hydrogen (secondary N) is 1. The number of hydrogen-bond donors (Lipinski definition) is 1. The second kappa shape index (κ2) is 3.08. The number of alkyl halides is 3. The molecule has 0 fully saturated rings. The first-order chi connectivity index (χ1) is 7.00. The Morgan fingerprint density at radius 2 is 1.87 bits per heavy atom. The molecule has 0 spiro atoms. The molecule has 78 valence electrons. The van der Waals surface area contributed by atoms with Gasteiger partial charge in [-0.25, -0.2) is 0 Å². The van der Waals surface area contributed by atoms with Crippen molar-refractivity contribution >= 4 is 10.9 Å². The van der Waals surface area contributed by atoms with Crippen LogP contribution in [0.5, 0.6) is 0 Å². The average Bonchev–Trinajstić information content (AvgIpc) is 2.16. The van der Waals surface area contributed by atoms with Gasteiger partial charge in [-0.15, -0.1) is 0 Å². The largest absolute Gasteiger partial charge is 0.439 e. The summed E-state index contributed by atoms with van der Waals surface area (Å²) in [4.78, 5) is 11.4. The van der Waals surface area contributed by atoms with E-state index in [9.17, 15) is 18.0 Å². The molecule has 2 aromatic rings. The van der Waals surface area contributed by atoms with E-state index in [1.807, 2.05) is 0 Å². The van der Waals surface area contributed by atoms with Crippen LogP contribution in [-0.2, 0) is 6.18 Å². The maximum atomic E-state index is 12.3. The van der Waals surface area contributed by atoms with Crippen molar-refractivity contribution in [3.63, 3.8) is 0 Å². The number of benzene rings is 1. The van der Waals surface area contributed by atoms with Crippen LogP contribution in [0.3, 0.4) is 0 Å². The zero-order chi connectivity index (χ0) is 11.1. The first-order valence-electron chi connectivity index (χ1n) is 4.05. The number of hydrogen-bond acceptors (Lipinski definition) is 2. The Kier molecular flexibility index (Phi) is 1.99. The third kappa shape index (κ3) is 1.58. The van der Waals surface area contributed by atoms with Gasteiger partial charge < -0.3 is 0 Å². The maximum Gasteiger partial charge on any atom is 0.439 e. The monoisotopic (exact) mass is 214 g/mol. The minimum absolute atomic E-state index is 0.0141. The van der Waals surface area contributed by atoms with E-state index in [4.69, 9.17) is 0 Å². The van der Waals surface area contributed by atoms with Crippen molar-refractivity contribution in [3.05, 3.63) is 40.2 Å². The highest BCUT2D eigenvalue weighted by Crippen LogP contribution is 2.25. The summed E-state index contributed by atoms with van der Waals surface area (Å²) in [6.45, 7) is 0. The molecule has 0 atom stereocenters. The van der Waals surface area contributed by atoms with E-state index in [0.29, 0.717) is 0 Å². The van der Waals surface area contributed by atoms with Crippen LogP contribution in [0, 0.1) is 0 Å².